The molecule has 2 saturated heterocycles. The molecule has 0 aromatic heterocycles. The number of anilines is 1. The molecule has 2 fully saturated rings. The zero-order valence-corrected chi connectivity index (χ0v) is 19.7. The molecule has 3 heterocycles. The van der Waals surface area contributed by atoms with Gasteiger partial charge in [0.25, 0.3) is 17.6 Å². The molecule has 3 aliphatic rings. The molecule has 0 radical (unpaired) electrons. The van der Waals surface area contributed by atoms with Gasteiger partial charge in [0, 0.05) is 17.7 Å². The standard InChI is InChI=1S/C27H26FN3O5/c1-2-11-30-21-6-4-3-5-20(21)27(26(30)35)22(23(32)18-7-9-19(28)10-8-18)24(33)25(34)31(27)13-12-29-14-16-36-17-15-29/h2-10,32H,1,11-17H2/p+1/t27-/m1/s1. The topological polar surface area (TPSA) is 91.6 Å². The number of quaternary nitrogens is 1. The van der Waals surface area contributed by atoms with Crippen LogP contribution < -0.4 is 9.80 Å². The van der Waals surface area contributed by atoms with Gasteiger partial charge >= 0.3 is 0 Å². The van der Waals surface area contributed by atoms with Crippen molar-refractivity contribution in [2.45, 2.75) is 5.54 Å². The molecule has 0 saturated carbocycles. The number of benzene rings is 2. The largest absolute Gasteiger partial charge is 0.507 e. The molecular weight excluding hydrogens is 465 g/mol. The number of ether oxygens (including phenoxy) is 1. The molecule has 2 aromatic rings. The van der Waals surface area contributed by atoms with Crippen LogP contribution in [0, 0.1) is 5.82 Å². The van der Waals surface area contributed by atoms with Crippen LogP contribution in [0.15, 0.2) is 66.8 Å². The number of nitrogens with one attached hydrogen (secondary N) is 1. The summed E-state index contributed by atoms with van der Waals surface area (Å²) in [5.74, 6) is -3.34. The van der Waals surface area contributed by atoms with Crippen molar-refractivity contribution in [3.8, 4) is 0 Å². The van der Waals surface area contributed by atoms with E-state index in [1.807, 2.05) is 0 Å². The average Bonchev–Trinajstić information content (AvgIpc) is 3.27. The summed E-state index contributed by atoms with van der Waals surface area (Å²) in [6, 6.07) is 11.9. The van der Waals surface area contributed by atoms with Gasteiger partial charge < -0.3 is 24.5 Å². The zero-order valence-electron chi connectivity index (χ0n) is 19.7. The molecule has 1 spiro atoms. The number of aliphatic hydroxyl groups is 1. The first-order valence-corrected chi connectivity index (χ1v) is 11.9. The normalized spacial score (nSPS) is 23.5. The van der Waals surface area contributed by atoms with Gasteiger partial charge in [-0.15, -0.1) is 6.58 Å². The Kier molecular flexibility index (Phi) is 6.19. The van der Waals surface area contributed by atoms with Crippen molar-refractivity contribution in [1.29, 1.82) is 0 Å². The summed E-state index contributed by atoms with van der Waals surface area (Å²) in [7, 11) is 0. The van der Waals surface area contributed by atoms with Crippen molar-refractivity contribution in [2.75, 3.05) is 50.8 Å². The maximum absolute atomic E-state index is 14.2. The van der Waals surface area contributed by atoms with Crippen LogP contribution in [0.5, 0.6) is 0 Å². The average molecular weight is 493 g/mol. The fourth-order valence-corrected chi connectivity index (χ4v) is 5.41. The Morgan fingerprint density at radius 1 is 1.11 bits per heavy atom. The van der Waals surface area contributed by atoms with E-state index < -0.39 is 34.7 Å². The van der Waals surface area contributed by atoms with E-state index in [1.54, 1.807) is 30.3 Å². The number of rotatable bonds is 6. The summed E-state index contributed by atoms with van der Waals surface area (Å²) in [6.07, 6.45) is 1.57. The predicted octanol–water partition coefficient (Wildman–Crippen LogP) is 0.849. The lowest BCUT2D eigenvalue weighted by atomic mass is 9.82. The van der Waals surface area contributed by atoms with Gasteiger partial charge in [-0.3, -0.25) is 14.4 Å². The van der Waals surface area contributed by atoms with Crippen LogP contribution in [-0.4, -0.2) is 73.5 Å². The molecule has 0 aliphatic carbocycles. The van der Waals surface area contributed by atoms with Crippen LogP contribution in [0.3, 0.4) is 0 Å². The van der Waals surface area contributed by atoms with Gasteiger partial charge in [-0.2, -0.15) is 0 Å². The summed E-state index contributed by atoms with van der Waals surface area (Å²) in [6.45, 7) is 7.23. The van der Waals surface area contributed by atoms with E-state index in [2.05, 4.69) is 6.58 Å². The number of likely N-dealkylation sites (tertiary alicyclic amines) is 1. The highest BCUT2D eigenvalue weighted by Crippen LogP contribution is 2.53. The number of halogens is 1. The number of amides is 2. The Labute approximate surface area is 207 Å². The lowest BCUT2D eigenvalue weighted by molar-refractivity contribution is -0.907. The smallest absolute Gasteiger partial charge is 0.296 e. The van der Waals surface area contributed by atoms with Crippen LogP contribution in [0.2, 0.25) is 0 Å². The number of aliphatic hydroxyl groups excluding tert-OH is 1. The number of hydrogen-bond donors (Lipinski definition) is 2. The van der Waals surface area contributed by atoms with Crippen LogP contribution >= 0.6 is 0 Å². The number of ketones is 1. The number of para-hydroxylation sites is 1. The highest BCUT2D eigenvalue weighted by molar-refractivity contribution is 6.50. The number of nitrogens with zero attached hydrogens (tertiary/aromatic N) is 2. The molecule has 36 heavy (non-hydrogen) atoms. The second-order valence-corrected chi connectivity index (χ2v) is 9.06. The molecule has 2 aromatic carbocycles. The van der Waals surface area contributed by atoms with Gasteiger partial charge in [0.1, 0.15) is 24.7 Å². The van der Waals surface area contributed by atoms with E-state index >= 15 is 0 Å². The van der Waals surface area contributed by atoms with Crippen LogP contribution in [0.1, 0.15) is 11.1 Å². The van der Waals surface area contributed by atoms with Crippen molar-refractivity contribution in [3.63, 3.8) is 0 Å². The number of carbonyl (C=O) groups is 3. The minimum atomic E-state index is -1.84. The first-order valence-electron chi connectivity index (χ1n) is 11.9. The fraction of sp³-hybridized carbons (Fsp3) is 0.296. The molecule has 0 unspecified atom stereocenters. The minimum absolute atomic E-state index is 0.127. The summed E-state index contributed by atoms with van der Waals surface area (Å²) >= 11 is 0. The molecule has 8 nitrogen and oxygen atoms in total. The Bertz CT molecular complexity index is 1270. The van der Waals surface area contributed by atoms with Gasteiger partial charge in [-0.05, 0) is 30.3 Å². The van der Waals surface area contributed by atoms with Crippen LogP contribution in [0.25, 0.3) is 5.76 Å². The maximum Gasteiger partial charge on any atom is 0.296 e. The quantitative estimate of drug-likeness (QED) is 0.270. The first-order chi connectivity index (χ1) is 17.4. The Morgan fingerprint density at radius 3 is 2.50 bits per heavy atom. The number of Topliss-reactive ketones (excluding diaryl/α,β-unsaturated/α-hetero) is 1. The number of hydrogen-bond acceptors (Lipinski definition) is 5. The van der Waals surface area contributed by atoms with E-state index in [1.165, 1.54) is 26.8 Å². The van der Waals surface area contributed by atoms with Crippen molar-refractivity contribution in [1.82, 2.24) is 4.90 Å². The van der Waals surface area contributed by atoms with E-state index in [0.717, 1.165) is 25.2 Å². The van der Waals surface area contributed by atoms with E-state index in [9.17, 15) is 23.9 Å². The van der Waals surface area contributed by atoms with Crippen molar-refractivity contribution < 1.29 is 33.5 Å². The van der Waals surface area contributed by atoms with Gasteiger partial charge in [-0.25, -0.2) is 4.39 Å². The van der Waals surface area contributed by atoms with E-state index in [-0.39, 0.29) is 24.2 Å². The number of fused-ring (bicyclic) bond motifs is 2. The van der Waals surface area contributed by atoms with Crippen molar-refractivity contribution in [2.24, 2.45) is 0 Å². The Balaban J connectivity index is 1.71. The van der Waals surface area contributed by atoms with E-state index in [0.29, 0.717) is 31.0 Å². The molecular formula is C27H27FN3O5+. The molecule has 2 N–H and O–H groups in total. The van der Waals surface area contributed by atoms with Gasteiger partial charge in [0.15, 0.2) is 5.54 Å². The monoisotopic (exact) mass is 492 g/mol. The predicted molar refractivity (Wildman–Crippen MR) is 130 cm³/mol. The number of morpholine rings is 1. The third-order valence-corrected chi connectivity index (χ3v) is 7.13. The fourth-order valence-electron chi connectivity index (χ4n) is 5.41. The second kappa shape index (κ2) is 9.33. The van der Waals surface area contributed by atoms with Gasteiger partial charge in [-0.1, -0.05) is 24.3 Å². The van der Waals surface area contributed by atoms with E-state index in [4.69, 9.17) is 4.74 Å². The SMILES string of the molecule is C=CCN1C(=O)[C@]2(C(=C(O)c3ccc(F)cc3)C(=O)C(=O)N2CC[NH+]2CCOCC2)c2ccccc21. The molecule has 0 bridgehead atoms. The molecule has 2 amide bonds. The Hall–Kier alpha value is -3.82. The molecule has 1 atom stereocenters. The Morgan fingerprint density at radius 2 is 1.81 bits per heavy atom. The molecule has 186 valence electrons. The van der Waals surface area contributed by atoms with Crippen molar-refractivity contribution >= 4 is 29.0 Å². The van der Waals surface area contributed by atoms with Crippen LogP contribution in [0.4, 0.5) is 10.1 Å². The van der Waals surface area contributed by atoms with Gasteiger partial charge in [0.05, 0.1) is 37.6 Å². The summed E-state index contributed by atoms with van der Waals surface area (Å²) < 4.78 is 19.0. The highest BCUT2D eigenvalue weighted by atomic mass is 19.1. The lowest BCUT2D eigenvalue weighted by Gasteiger charge is -2.35. The third-order valence-electron chi connectivity index (χ3n) is 7.13. The summed E-state index contributed by atoms with van der Waals surface area (Å²) in [5.41, 5.74) is -1.02. The van der Waals surface area contributed by atoms with Gasteiger partial charge in [0.2, 0.25) is 0 Å². The molecule has 5 rings (SSSR count). The third kappa shape index (κ3) is 3.54. The number of carbonyl (C=O) groups excluding carboxylic acids is 3. The zero-order chi connectivity index (χ0) is 25.4. The summed E-state index contributed by atoms with van der Waals surface area (Å²) in [4.78, 5) is 45.2. The van der Waals surface area contributed by atoms with Crippen LogP contribution in [-0.2, 0) is 24.7 Å². The first kappa shape index (κ1) is 23.9. The molecule has 9 heteroatoms. The lowest BCUT2D eigenvalue weighted by Crippen LogP contribution is -3.14. The second-order valence-electron chi connectivity index (χ2n) is 9.06. The maximum atomic E-state index is 14.2. The minimum Gasteiger partial charge on any atom is -0.507 e. The molecule has 3 aliphatic heterocycles. The summed E-state index contributed by atoms with van der Waals surface area (Å²) in [5, 5.41) is 11.4. The highest BCUT2D eigenvalue weighted by Gasteiger charge is 2.67. The van der Waals surface area contributed by atoms with Crippen molar-refractivity contribution in [3.05, 3.63) is 83.7 Å².